The van der Waals surface area contributed by atoms with E-state index in [1.807, 2.05) is 16.7 Å². The summed E-state index contributed by atoms with van der Waals surface area (Å²) in [6.45, 7) is 10.1. The number of carbonyl (C=O) groups excluding carboxylic acids is 1. The molecule has 4 fully saturated rings. The first-order chi connectivity index (χ1) is 19.3. The molecule has 0 unspecified atom stereocenters. The number of ether oxygens (including phenoxy) is 1. The largest absolute Gasteiger partial charge is 0.483 e. The molecule has 7 rings (SSSR count). The van der Waals surface area contributed by atoms with E-state index in [1.165, 1.54) is 30.0 Å². The van der Waals surface area contributed by atoms with Crippen molar-refractivity contribution in [3.63, 3.8) is 0 Å². The smallest absolute Gasteiger partial charge is 0.246 e. The lowest BCUT2D eigenvalue weighted by Crippen LogP contribution is -2.51. The van der Waals surface area contributed by atoms with Gasteiger partial charge in [-0.25, -0.2) is 18.4 Å². The molecule has 2 atom stereocenters. The summed E-state index contributed by atoms with van der Waals surface area (Å²) in [5.41, 5.74) is 4.39. The molecule has 10 nitrogen and oxygen atoms in total. The lowest BCUT2D eigenvalue weighted by molar-refractivity contribution is -0.125. The minimum Gasteiger partial charge on any atom is -0.483 e. The van der Waals surface area contributed by atoms with Gasteiger partial charge in [0.15, 0.2) is 9.84 Å². The Bertz CT molecular complexity index is 1460. The van der Waals surface area contributed by atoms with Crippen LogP contribution < -0.4 is 15.0 Å². The summed E-state index contributed by atoms with van der Waals surface area (Å²) < 4.78 is 30.8. The van der Waals surface area contributed by atoms with Gasteiger partial charge in [-0.15, -0.1) is 0 Å². The van der Waals surface area contributed by atoms with Gasteiger partial charge in [-0.2, -0.15) is 0 Å². The van der Waals surface area contributed by atoms with Gasteiger partial charge in [0.25, 0.3) is 0 Å². The molecule has 11 heteroatoms. The molecule has 0 spiro atoms. The summed E-state index contributed by atoms with van der Waals surface area (Å²) in [6.07, 6.45) is 6.03. The van der Waals surface area contributed by atoms with E-state index in [0.717, 1.165) is 61.2 Å². The molecule has 1 aromatic heterocycles. The molecular formula is C29H36N6O4S. The van der Waals surface area contributed by atoms with E-state index in [1.54, 1.807) is 6.33 Å². The molecular weight excluding hydrogens is 528 g/mol. The first-order valence-electron chi connectivity index (χ1n) is 14.4. The molecule has 5 heterocycles. The molecule has 2 aromatic rings. The third-order valence-electron chi connectivity index (χ3n) is 9.17. The highest BCUT2D eigenvalue weighted by molar-refractivity contribution is 7.91. The van der Waals surface area contributed by atoms with Gasteiger partial charge in [0.1, 0.15) is 29.8 Å². The highest BCUT2D eigenvalue weighted by Crippen LogP contribution is 2.52. The van der Waals surface area contributed by atoms with Crippen LogP contribution in [0.2, 0.25) is 0 Å². The molecule has 0 radical (unpaired) electrons. The van der Waals surface area contributed by atoms with Crippen molar-refractivity contribution in [1.82, 2.24) is 19.8 Å². The third kappa shape index (κ3) is 4.62. The summed E-state index contributed by atoms with van der Waals surface area (Å²) >= 11 is 0. The summed E-state index contributed by atoms with van der Waals surface area (Å²) in [5.74, 6) is 3.59. The third-order valence-corrected chi connectivity index (χ3v) is 10.8. The van der Waals surface area contributed by atoms with E-state index >= 15 is 0 Å². The second-order valence-corrected chi connectivity index (χ2v) is 14.1. The minimum atomic E-state index is -3.00. The van der Waals surface area contributed by atoms with Crippen LogP contribution in [-0.2, 0) is 14.6 Å². The van der Waals surface area contributed by atoms with Gasteiger partial charge in [0.2, 0.25) is 5.91 Å². The zero-order valence-electron chi connectivity index (χ0n) is 22.9. The van der Waals surface area contributed by atoms with E-state index in [2.05, 4.69) is 38.9 Å². The fourth-order valence-corrected chi connectivity index (χ4v) is 7.82. The number of likely N-dealkylation sites (tertiary alicyclic amines) is 2. The maximum absolute atomic E-state index is 12.0. The van der Waals surface area contributed by atoms with Crippen molar-refractivity contribution in [1.29, 1.82) is 0 Å². The molecule has 1 aromatic carbocycles. The lowest BCUT2D eigenvalue weighted by Gasteiger charge is -2.43. The zero-order chi connectivity index (χ0) is 27.6. The van der Waals surface area contributed by atoms with Crippen molar-refractivity contribution in [3.05, 3.63) is 47.8 Å². The van der Waals surface area contributed by atoms with Crippen LogP contribution in [0, 0.1) is 0 Å². The Morgan fingerprint density at radius 1 is 1.07 bits per heavy atom. The number of rotatable bonds is 5. The number of fused-ring (bicyclic) bond motifs is 2. The molecule has 0 bridgehead atoms. The van der Waals surface area contributed by atoms with Crippen molar-refractivity contribution in [2.24, 2.45) is 0 Å². The first kappa shape index (κ1) is 25.8. The average molecular weight is 565 g/mol. The van der Waals surface area contributed by atoms with Crippen LogP contribution in [0.1, 0.15) is 60.8 Å². The molecule has 212 valence electrons. The summed E-state index contributed by atoms with van der Waals surface area (Å²) in [4.78, 5) is 27.7. The monoisotopic (exact) mass is 564 g/mol. The molecule has 4 aliphatic heterocycles. The number of sulfone groups is 1. The number of amides is 1. The SMILES string of the molecule is C=CC(=O)N1CC[C@H](N2CC(c3cc4c(c(C5CC5)c3)O[C@@H](C)c3c(ncnc3N3CCS(=O)(=O)CC3)N4)C2)C1. The van der Waals surface area contributed by atoms with Gasteiger partial charge < -0.3 is 19.9 Å². The molecule has 1 saturated carbocycles. The highest BCUT2D eigenvalue weighted by Gasteiger charge is 2.40. The Kier molecular flexibility index (Phi) is 6.27. The Morgan fingerprint density at radius 3 is 2.58 bits per heavy atom. The second-order valence-electron chi connectivity index (χ2n) is 11.8. The van der Waals surface area contributed by atoms with E-state index in [0.29, 0.717) is 31.0 Å². The summed E-state index contributed by atoms with van der Waals surface area (Å²) in [5, 5.41) is 3.60. The van der Waals surface area contributed by atoms with Crippen molar-refractivity contribution < 1.29 is 17.9 Å². The quantitative estimate of drug-likeness (QED) is 0.549. The van der Waals surface area contributed by atoms with Crippen LogP contribution in [-0.4, -0.2) is 90.9 Å². The maximum Gasteiger partial charge on any atom is 0.246 e. The van der Waals surface area contributed by atoms with Gasteiger partial charge in [0.05, 0.1) is 22.8 Å². The molecule has 1 amide bonds. The standard InChI is InChI=1S/C29H36N6O4S/c1-3-25(36)34-7-6-22(16-34)35-14-21(15-35)20-12-23(19-4-5-19)27-24(13-20)32-28-26(18(2)39-27)29(31-17-30-28)33-8-10-40(37,38)11-9-33/h3,12-13,17-19,21-22H,1,4-11,14-16H2,2H3,(H,30,31,32)/t18-,22-/m0/s1. The second kappa shape index (κ2) is 9.73. The van der Waals surface area contributed by atoms with Gasteiger partial charge in [-0.05, 0) is 55.4 Å². The summed E-state index contributed by atoms with van der Waals surface area (Å²) in [7, 11) is -3.00. The number of aromatic nitrogens is 2. The number of hydrogen-bond acceptors (Lipinski definition) is 9. The van der Waals surface area contributed by atoms with Crippen molar-refractivity contribution >= 4 is 33.1 Å². The van der Waals surface area contributed by atoms with E-state index in [-0.39, 0.29) is 23.5 Å². The molecule has 5 aliphatic rings. The number of anilines is 3. The van der Waals surface area contributed by atoms with E-state index in [9.17, 15) is 13.2 Å². The van der Waals surface area contributed by atoms with Crippen molar-refractivity contribution in [2.45, 2.75) is 50.2 Å². The lowest BCUT2D eigenvalue weighted by atomic mass is 9.87. The Labute approximate surface area is 235 Å². The van der Waals surface area contributed by atoms with Crippen LogP contribution in [0.15, 0.2) is 31.1 Å². The van der Waals surface area contributed by atoms with Gasteiger partial charge >= 0.3 is 0 Å². The predicted octanol–water partition coefficient (Wildman–Crippen LogP) is 2.97. The molecule has 1 aliphatic carbocycles. The Hall–Kier alpha value is -3.18. The van der Waals surface area contributed by atoms with Crippen LogP contribution >= 0.6 is 0 Å². The topological polar surface area (TPSA) is 108 Å². The normalized spacial score (nSPS) is 26.1. The van der Waals surface area contributed by atoms with Crippen molar-refractivity contribution in [3.8, 4) is 5.75 Å². The maximum atomic E-state index is 12.0. The number of benzene rings is 1. The van der Waals surface area contributed by atoms with E-state index < -0.39 is 9.84 Å². The van der Waals surface area contributed by atoms with Crippen molar-refractivity contribution in [2.75, 3.05) is 61.0 Å². The fraction of sp³-hybridized carbons (Fsp3) is 0.552. The van der Waals surface area contributed by atoms with Crippen LogP contribution in [0.3, 0.4) is 0 Å². The van der Waals surface area contributed by atoms with Crippen LogP contribution in [0.25, 0.3) is 0 Å². The fourth-order valence-electron chi connectivity index (χ4n) is 6.62. The van der Waals surface area contributed by atoms with Gasteiger partial charge in [-0.3, -0.25) is 9.69 Å². The first-order valence-corrected chi connectivity index (χ1v) is 16.2. The van der Waals surface area contributed by atoms with Gasteiger partial charge in [-0.1, -0.05) is 12.6 Å². The van der Waals surface area contributed by atoms with E-state index in [4.69, 9.17) is 4.74 Å². The highest BCUT2D eigenvalue weighted by atomic mass is 32.2. The van der Waals surface area contributed by atoms with Crippen LogP contribution in [0.4, 0.5) is 17.3 Å². The van der Waals surface area contributed by atoms with Crippen LogP contribution in [0.5, 0.6) is 5.75 Å². The average Bonchev–Trinajstić information content (AvgIpc) is 3.67. The number of nitrogens with zero attached hydrogens (tertiary/aromatic N) is 5. The summed E-state index contributed by atoms with van der Waals surface area (Å²) in [6, 6.07) is 4.99. The molecule has 1 N–H and O–H groups in total. The number of nitrogens with one attached hydrogen (secondary N) is 1. The number of carbonyl (C=O) groups is 1. The molecule has 3 saturated heterocycles. The van der Waals surface area contributed by atoms with Gasteiger partial charge in [0, 0.05) is 51.2 Å². The Morgan fingerprint density at radius 2 is 1.85 bits per heavy atom. The number of hydrogen-bond donors (Lipinski definition) is 1. The Balaban J connectivity index is 1.14. The molecule has 40 heavy (non-hydrogen) atoms. The minimum absolute atomic E-state index is 0.0253. The zero-order valence-corrected chi connectivity index (χ0v) is 23.7. The predicted molar refractivity (Wildman–Crippen MR) is 153 cm³/mol.